The zero-order valence-corrected chi connectivity index (χ0v) is 10.6. The molecule has 1 aliphatic rings. The van der Waals surface area contributed by atoms with Crippen molar-refractivity contribution < 1.29 is 23.8 Å². The molecule has 4 atom stereocenters. The van der Waals surface area contributed by atoms with E-state index < -0.39 is 14.4 Å². The third-order valence-corrected chi connectivity index (χ3v) is 3.42. The van der Waals surface area contributed by atoms with Gasteiger partial charge in [-0.3, -0.25) is 4.57 Å². The number of aliphatic hydroxyl groups is 1. The summed E-state index contributed by atoms with van der Waals surface area (Å²) in [6.07, 6.45) is 3.36. The molecule has 1 heterocycles. The van der Waals surface area contributed by atoms with E-state index in [0.717, 1.165) is 0 Å². The molecule has 0 bridgehead atoms. The molecule has 0 saturated heterocycles. The fraction of sp³-hybridized carbons (Fsp3) is 0.600. The summed E-state index contributed by atoms with van der Waals surface area (Å²) in [6.45, 7) is -0.0938. The second-order valence-electron chi connectivity index (χ2n) is 4.12. The standard InChI is InChI=1S/C10H15N2O5P/c13-5-7-3-8(4-9(7)17-18(14)15)16-10-1-2-11-6-12-10/h1-2,6-9,13,18H,3-5H2,(H,14,15)/t7?,8-,9+/m1/s1. The summed E-state index contributed by atoms with van der Waals surface area (Å²) in [5.41, 5.74) is 0. The van der Waals surface area contributed by atoms with Crippen LogP contribution in [0, 0.1) is 5.92 Å². The molecule has 0 spiro atoms. The normalized spacial score (nSPS) is 29.1. The van der Waals surface area contributed by atoms with Gasteiger partial charge in [-0.1, -0.05) is 0 Å². The number of hydrogen-bond acceptors (Lipinski definition) is 6. The molecule has 2 unspecified atom stereocenters. The zero-order valence-electron chi connectivity index (χ0n) is 9.60. The quantitative estimate of drug-likeness (QED) is 0.749. The van der Waals surface area contributed by atoms with E-state index in [1.165, 1.54) is 6.33 Å². The predicted molar refractivity (Wildman–Crippen MR) is 62.4 cm³/mol. The lowest BCUT2D eigenvalue weighted by atomic mass is 10.1. The van der Waals surface area contributed by atoms with Crippen molar-refractivity contribution in [2.45, 2.75) is 25.0 Å². The minimum atomic E-state index is -3.00. The van der Waals surface area contributed by atoms with Crippen molar-refractivity contribution in [1.82, 2.24) is 9.97 Å². The number of ether oxygens (including phenoxy) is 1. The SMILES string of the molecule is O=[PH](O)O[C@H]1C[C@H](Oc2ccncn2)CC1CO. The fourth-order valence-corrected chi connectivity index (χ4v) is 2.67. The Morgan fingerprint density at radius 2 is 2.33 bits per heavy atom. The fourth-order valence-electron chi connectivity index (χ4n) is 2.12. The molecule has 0 radical (unpaired) electrons. The molecule has 2 rings (SSSR count). The van der Waals surface area contributed by atoms with E-state index in [4.69, 9.17) is 14.2 Å². The van der Waals surface area contributed by atoms with Gasteiger partial charge in [-0.15, -0.1) is 0 Å². The summed E-state index contributed by atoms with van der Waals surface area (Å²) < 4.78 is 21.2. The van der Waals surface area contributed by atoms with E-state index >= 15 is 0 Å². The predicted octanol–water partition coefficient (Wildman–Crippen LogP) is 0.393. The molecule has 1 aliphatic carbocycles. The van der Waals surface area contributed by atoms with Crippen molar-refractivity contribution in [3.63, 3.8) is 0 Å². The van der Waals surface area contributed by atoms with E-state index in [9.17, 15) is 9.67 Å². The van der Waals surface area contributed by atoms with Gasteiger partial charge in [-0.25, -0.2) is 9.97 Å². The molecule has 18 heavy (non-hydrogen) atoms. The summed E-state index contributed by atoms with van der Waals surface area (Å²) in [7, 11) is -3.00. The summed E-state index contributed by atoms with van der Waals surface area (Å²) in [5.74, 6) is 0.266. The Kier molecular flexibility index (Phi) is 4.66. The smallest absolute Gasteiger partial charge is 0.316 e. The Hall–Kier alpha value is -1.01. The Morgan fingerprint density at radius 1 is 1.50 bits per heavy atom. The number of nitrogens with zero attached hydrogens (tertiary/aromatic N) is 2. The van der Waals surface area contributed by atoms with E-state index in [0.29, 0.717) is 18.7 Å². The Labute approximate surface area is 105 Å². The second-order valence-corrected chi connectivity index (χ2v) is 4.89. The first kappa shape index (κ1) is 13.4. The van der Waals surface area contributed by atoms with Gasteiger partial charge in [0.2, 0.25) is 5.88 Å². The van der Waals surface area contributed by atoms with Crippen LogP contribution in [0.2, 0.25) is 0 Å². The van der Waals surface area contributed by atoms with Crippen molar-refractivity contribution in [3.05, 3.63) is 18.6 Å². The molecule has 0 aromatic carbocycles. The number of aromatic nitrogens is 2. The van der Waals surface area contributed by atoms with Gasteiger partial charge in [-0.2, -0.15) is 0 Å². The number of hydrogen-bond donors (Lipinski definition) is 2. The molecular formula is C10H15N2O5P. The first-order valence-corrected chi connectivity index (χ1v) is 6.88. The van der Waals surface area contributed by atoms with Gasteiger partial charge >= 0.3 is 8.25 Å². The third kappa shape index (κ3) is 3.49. The maximum atomic E-state index is 10.7. The summed E-state index contributed by atoms with van der Waals surface area (Å²) >= 11 is 0. The molecular weight excluding hydrogens is 259 g/mol. The minimum Gasteiger partial charge on any atom is -0.474 e. The second kappa shape index (κ2) is 6.24. The van der Waals surface area contributed by atoms with Crippen LogP contribution in [0.5, 0.6) is 5.88 Å². The molecule has 1 saturated carbocycles. The van der Waals surface area contributed by atoms with Gasteiger partial charge in [0.1, 0.15) is 12.4 Å². The van der Waals surface area contributed by atoms with Gasteiger partial charge in [0.05, 0.1) is 6.10 Å². The van der Waals surface area contributed by atoms with Crippen LogP contribution in [-0.4, -0.2) is 38.8 Å². The molecule has 100 valence electrons. The van der Waals surface area contributed by atoms with Crippen LogP contribution in [0.4, 0.5) is 0 Å². The van der Waals surface area contributed by atoms with E-state index in [-0.39, 0.29) is 18.6 Å². The maximum absolute atomic E-state index is 10.7. The molecule has 1 fully saturated rings. The maximum Gasteiger partial charge on any atom is 0.316 e. The highest BCUT2D eigenvalue weighted by Gasteiger charge is 2.37. The van der Waals surface area contributed by atoms with Crippen LogP contribution in [0.1, 0.15) is 12.8 Å². The van der Waals surface area contributed by atoms with Crippen LogP contribution in [0.15, 0.2) is 18.6 Å². The molecule has 1 aromatic rings. The molecule has 1 aromatic heterocycles. The highest BCUT2D eigenvalue weighted by molar-refractivity contribution is 7.32. The van der Waals surface area contributed by atoms with Crippen molar-refractivity contribution in [3.8, 4) is 5.88 Å². The van der Waals surface area contributed by atoms with Crippen molar-refractivity contribution in [1.29, 1.82) is 0 Å². The molecule has 0 aliphatic heterocycles. The summed E-state index contributed by atoms with van der Waals surface area (Å²) in [4.78, 5) is 16.5. The van der Waals surface area contributed by atoms with Gasteiger partial charge in [0, 0.05) is 31.2 Å². The lowest BCUT2D eigenvalue weighted by Gasteiger charge is -2.14. The number of rotatable bonds is 5. The topological polar surface area (TPSA) is 102 Å². The highest BCUT2D eigenvalue weighted by atomic mass is 31.1. The van der Waals surface area contributed by atoms with Gasteiger partial charge in [0.15, 0.2) is 0 Å². The molecule has 7 nitrogen and oxygen atoms in total. The Balaban J connectivity index is 1.94. The largest absolute Gasteiger partial charge is 0.474 e. The lowest BCUT2D eigenvalue weighted by molar-refractivity contribution is 0.105. The average Bonchev–Trinajstić information content (AvgIpc) is 2.71. The van der Waals surface area contributed by atoms with Gasteiger partial charge < -0.3 is 19.3 Å². The van der Waals surface area contributed by atoms with Crippen LogP contribution in [0.25, 0.3) is 0 Å². The van der Waals surface area contributed by atoms with E-state index in [1.807, 2.05) is 0 Å². The third-order valence-electron chi connectivity index (χ3n) is 2.92. The van der Waals surface area contributed by atoms with Crippen molar-refractivity contribution in [2.75, 3.05) is 6.61 Å². The average molecular weight is 274 g/mol. The monoisotopic (exact) mass is 274 g/mol. The van der Waals surface area contributed by atoms with Crippen LogP contribution in [-0.2, 0) is 9.09 Å². The molecule has 8 heteroatoms. The summed E-state index contributed by atoms with van der Waals surface area (Å²) in [5, 5.41) is 9.20. The van der Waals surface area contributed by atoms with Crippen LogP contribution < -0.4 is 4.74 Å². The van der Waals surface area contributed by atoms with Gasteiger partial charge in [-0.05, 0) is 6.42 Å². The lowest BCUT2D eigenvalue weighted by Crippen LogP contribution is -2.18. The number of aliphatic hydroxyl groups excluding tert-OH is 1. The minimum absolute atomic E-state index is 0.0938. The van der Waals surface area contributed by atoms with Crippen LogP contribution in [0.3, 0.4) is 0 Å². The Morgan fingerprint density at radius 3 is 2.94 bits per heavy atom. The van der Waals surface area contributed by atoms with Crippen molar-refractivity contribution >= 4 is 8.25 Å². The van der Waals surface area contributed by atoms with E-state index in [2.05, 4.69) is 9.97 Å². The van der Waals surface area contributed by atoms with Crippen molar-refractivity contribution in [2.24, 2.45) is 5.92 Å². The van der Waals surface area contributed by atoms with Crippen LogP contribution >= 0.6 is 8.25 Å². The molecule has 2 N–H and O–H groups in total. The highest BCUT2D eigenvalue weighted by Crippen LogP contribution is 2.35. The Bertz CT molecular complexity index is 405. The summed E-state index contributed by atoms with van der Waals surface area (Å²) in [6, 6.07) is 1.64. The first-order chi connectivity index (χ1) is 8.69. The first-order valence-electron chi connectivity index (χ1n) is 5.62. The molecule has 0 amide bonds. The van der Waals surface area contributed by atoms with Gasteiger partial charge in [0.25, 0.3) is 0 Å². The zero-order chi connectivity index (χ0) is 13.0. The van der Waals surface area contributed by atoms with E-state index in [1.54, 1.807) is 12.3 Å².